The second kappa shape index (κ2) is 10.00. The van der Waals surface area contributed by atoms with Gasteiger partial charge in [0.15, 0.2) is 0 Å². The fraction of sp³-hybridized carbons (Fsp3) is 0.700. The lowest BCUT2D eigenvalue weighted by Crippen LogP contribution is -2.37. The van der Waals surface area contributed by atoms with Gasteiger partial charge in [0.1, 0.15) is 0 Å². The summed E-state index contributed by atoms with van der Waals surface area (Å²) in [5.41, 5.74) is 2.91. The van der Waals surface area contributed by atoms with E-state index in [1.54, 1.807) is 0 Å². The molecule has 0 amide bonds. The average Bonchev–Trinajstić information content (AvgIpc) is 2.48. The van der Waals surface area contributed by atoms with Crippen LogP contribution in [0.3, 0.4) is 0 Å². The van der Waals surface area contributed by atoms with Crippen molar-refractivity contribution >= 4 is 0 Å². The van der Waals surface area contributed by atoms with Gasteiger partial charge in [0, 0.05) is 6.04 Å². The van der Waals surface area contributed by atoms with Crippen LogP contribution < -0.4 is 5.32 Å². The van der Waals surface area contributed by atoms with Gasteiger partial charge < -0.3 is 5.32 Å². The molecule has 0 saturated carbocycles. The molecule has 120 valence electrons. The molecule has 1 rings (SSSR count). The van der Waals surface area contributed by atoms with Gasteiger partial charge >= 0.3 is 0 Å². The van der Waals surface area contributed by atoms with Gasteiger partial charge in [0.25, 0.3) is 0 Å². The highest BCUT2D eigenvalue weighted by molar-refractivity contribution is 5.25. The van der Waals surface area contributed by atoms with Crippen LogP contribution in [0.25, 0.3) is 0 Å². The fourth-order valence-corrected chi connectivity index (χ4v) is 3.12. The molecule has 0 saturated heterocycles. The number of nitrogens with one attached hydrogen (secondary N) is 1. The molecule has 2 atom stereocenters. The van der Waals surface area contributed by atoms with Crippen LogP contribution in [-0.2, 0) is 6.42 Å². The lowest BCUT2D eigenvalue weighted by molar-refractivity contribution is 0.319. The van der Waals surface area contributed by atoms with Crippen LogP contribution in [0.1, 0.15) is 77.3 Å². The minimum absolute atomic E-state index is 0.622. The summed E-state index contributed by atoms with van der Waals surface area (Å²) in [5, 5.41) is 3.73. The first-order valence-corrected chi connectivity index (χ1v) is 8.94. The quantitative estimate of drug-likeness (QED) is 0.595. The third-order valence-corrected chi connectivity index (χ3v) is 4.59. The Kier molecular flexibility index (Phi) is 8.68. The average molecular weight is 290 g/mol. The largest absolute Gasteiger partial charge is 0.314 e. The molecule has 0 fully saturated rings. The van der Waals surface area contributed by atoms with Gasteiger partial charge in [-0.3, -0.25) is 0 Å². The fourth-order valence-electron chi connectivity index (χ4n) is 3.12. The van der Waals surface area contributed by atoms with Gasteiger partial charge in [-0.15, -0.1) is 0 Å². The molecule has 1 aromatic carbocycles. The van der Waals surface area contributed by atoms with Crippen molar-refractivity contribution in [2.24, 2.45) is 5.92 Å². The summed E-state index contributed by atoms with van der Waals surface area (Å²) in [5.74, 6) is 1.42. The second-order valence-corrected chi connectivity index (χ2v) is 6.58. The lowest BCUT2D eigenvalue weighted by Gasteiger charge is -2.27. The Hall–Kier alpha value is -0.820. The summed E-state index contributed by atoms with van der Waals surface area (Å²) in [6.07, 6.45) is 6.45. The molecule has 0 aliphatic heterocycles. The van der Waals surface area contributed by atoms with E-state index in [1.807, 2.05) is 0 Å². The lowest BCUT2D eigenvalue weighted by atomic mass is 9.87. The van der Waals surface area contributed by atoms with Crippen molar-refractivity contribution in [1.82, 2.24) is 5.32 Å². The van der Waals surface area contributed by atoms with Crippen molar-refractivity contribution in [2.75, 3.05) is 6.54 Å². The number of benzene rings is 1. The Morgan fingerprint density at radius 1 is 1.00 bits per heavy atom. The van der Waals surface area contributed by atoms with Gasteiger partial charge in [-0.25, -0.2) is 0 Å². The molecule has 0 radical (unpaired) electrons. The summed E-state index contributed by atoms with van der Waals surface area (Å²) >= 11 is 0. The van der Waals surface area contributed by atoms with Crippen molar-refractivity contribution in [2.45, 2.75) is 78.7 Å². The summed E-state index contributed by atoms with van der Waals surface area (Å²) in [7, 11) is 0. The topological polar surface area (TPSA) is 12.0 Å². The van der Waals surface area contributed by atoms with Crippen LogP contribution in [0.4, 0.5) is 0 Å². The molecular formula is C20H35N. The Bertz CT molecular complexity index is 366. The molecule has 1 aromatic rings. The first-order valence-electron chi connectivity index (χ1n) is 8.94. The summed E-state index contributed by atoms with van der Waals surface area (Å²) in [6.45, 7) is 12.4. The molecule has 2 unspecified atom stereocenters. The van der Waals surface area contributed by atoms with E-state index < -0.39 is 0 Å². The molecule has 0 bridgehead atoms. The van der Waals surface area contributed by atoms with Crippen LogP contribution in [-0.4, -0.2) is 12.6 Å². The summed E-state index contributed by atoms with van der Waals surface area (Å²) in [6, 6.07) is 9.88. The van der Waals surface area contributed by atoms with Gasteiger partial charge in [0.05, 0.1) is 0 Å². The van der Waals surface area contributed by atoms with E-state index in [9.17, 15) is 0 Å². The minimum Gasteiger partial charge on any atom is -0.314 e. The van der Waals surface area contributed by atoms with Crippen molar-refractivity contribution in [3.63, 3.8) is 0 Å². The van der Waals surface area contributed by atoms with E-state index in [0.717, 1.165) is 18.9 Å². The first-order chi connectivity index (χ1) is 10.1. The molecule has 0 aliphatic rings. The second-order valence-electron chi connectivity index (χ2n) is 6.58. The van der Waals surface area contributed by atoms with E-state index in [2.05, 4.69) is 64.2 Å². The highest BCUT2D eigenvalue weighted by Gasteiger charge is 2.19. The number of hydrogen-bond acceptors (Lipinski definition) is 1. The predicted molar refractivity (Wildman–Crippen MR) is 95.0 cm³/mol. The Morgan fingerprint density at radius 2 is 1.67 bits per heavy atom. The van der Waals surface area contributed by atoms with Crippen LogP contribution in [0.5, 0.6) is 0 Å². The highest BCUT2D eigenvalue weighted by atomic mass is 14.9. The van der Waals surface area contributed by atoms with Gasteiger partial charge in [-0.05, 0) is 42.3 Å². The maximum absolute atomic E-state index is 3.73. The van der Waals surface area contributed by atoms with Crippen LogP contribution in [0.15, 0.2) is 24.3 Å². The van der Waals surface area contributed by atoms with Gasteiger partial charge in [-0.2, -0.15) is 0 Å². The zero-order valence-electron chi connectivity index (χ0n) is 14.8. The molecule has 0 spiro atoms. The molecule has 1 heteroatoms. The molecule has 0 aromatic heterocycles. The molecule has 21 heavy (non-hydrogen) atoms. The van der Waals surface area contributed by atoms with Crippen LogP contribution in [0, 0.1) is 5.92 Å². The monoisotopic (exact) mass is 289 g/mol. The van der Waals surface area contributed by atoms with E-state index in [-0.39, 0.29) is 0 Å². The summed E-state index contributed by atoms with van der Waals surface area (Å²) < 4.78 is 0. The standard InChI is InChI=1S/C20H35N/c1-6-9-10-18(7-2)20(21-8-3)15-17-11-13-19(14-12-17)16(4)5/h11-14,16,18,20-21H,6-10,15H2,1-5H3. The highest BCUT2D eigenvalue weighted by Crippen LogP contribution is 2.21. The minimum atomic E-state index is 0.622. The number of unbranched alkanes of at least 4 members (excludes halogenated alkanes) is 1. The van der Waals surface area contributed by atoms with Crippen molar-refractivity contribution in [3.8, 4) is 0 Å². The van der Waals surface area contributed by atoms with Crippen LogP contribution in [0.2, 0.25) is 0 Å². The first kappa shape index (κ1) is 18.2. The van der Waals surface area contributed by atoms with Gasteiger partial charge in [-0.1, -0.05) is 78.1 Å². The van der Waals surface area contributed by atoms with E-state index in [4.69, 9.17) is 0 Å². The zero-order chi connectivity index (χ0) is 15.7. The molecule has 1 N–H and O–H groups in total. The van der Waals surface area contributed by atoms with E-state index in [1.165, 1.54) is 36.8 Å². The van der Waals surface area contributed by atoms with Crippen molar-refractivity contribution < 1.29 is 0 Å². The van der Waals surface area contributed by atoms with Crippen molar-refractivity contribution in [3.05, 3.63) is 35.4 Å². The Morgan fingerprint density at radius 3 is 2.14 bits per heavy atom. The molecule has 0 aliphatic carbocycles. The summed E-state index contributed by atoms with van der Waals surface area (Å²) in [4.78, 5) is 0. The number of likely N-dealkylation sites (N-methyl/N-ethyl adjacent to an activating group) is 1. The van der Waals surface area contributed by atoms with E-state index in [0.29, 0.717) is 12.0 Å². The third kappa shape index (κ3) is 6.22. The zero-order valence-corrected chi connectivity index (χ0v) is 14.8. The number of rotatable bonds is 10. The van der Waals surface area contributed by atoms with Crippen LogP contribution >= 0.6 is 0 Å². The maximum atomic E-state index is 3.73. The SMILES string of the molecule is CCCCC(CC)C(Cc1ccc(C(C)C)cc1)NCC. The predicted octanol–water partition coefficient (Wildman–Crippen LogP) is 5.55. The van der Waals surface area contributed by atoms with Crippen molar-refractivity contribution in [1.29, 1.82) is 0 Å². The molecular weight excluding hydrogens is 254 g/mol. The molecule has 1 nitrogen and oxygen atoms in total. The smallest absolute Gasteiger partial charge is 0.0135 e. The maximum Gasteiger partial charge on any atom is 0.0135 e. The van der Waals surface area contributed by atoms with E-state index >= 15 is 0 Å². The number of hydrogen-bond donors (Lipinski definition) is 1. The Labute approximate surface area is 132 Å². The Balaban J connectivity index is 2.71. The third-order valence-electron chi connectivity index (χ3n) is 4.59. The molecule has 0 heterocycles. The van der Waals surface area contributed by atoms with Gasteiger partial charge in [0.2, 0.25) is 0 Å². The normalized spacial score (nSPS) is 14.4.